The van der Waals surface area contributed by atoms with Gasteiger partial charge in [0.2, 0.25) is 5.76 Å². The van der Waals surface area contributed by atoms with E-state index < -0.39 is 0 Å². The summed E-state index contributed by atoms with van der Waals surface area (Å²) in [5.41, 5.74) is 2.52. The number of anilines is 1. The molecule has 0 saturated heterocycles. The van der Waals surface area contributed by atoms with Gasteiger partial charge in [0.1, 0.15) is 0 Å². The van der Waals surface area contributed by atoms with Crippen LogP contribution >= 0.6 is 0 Å². The molecule has 2 rings (SSSR count). The molecule has 0 aliphatic heterocycles. The Morgan fingerprint density at radius 2 is 2.14 bits per heavy atom. The average Bonchev–Trinajstić information content (AvgIpc) is 2.92. The number of carbonyl (C=O) groups is 1. The molecule has 1 aromatic heterocycles. The molecule has 0 aliphatic rings. The number of amides is 1. The molecule has 0 fully saturated rings. The second-order valence-corrected chi connectivity index (χ2v) is 5.05. The van der Waals surface area contributed by atoms with E-state index in [1.54, 1.807) is 13.0 Å². The van der Waals surface area contributed by atoms with E-state index in [1.165, 1.54) is 0 Å². The quantitative estimate of drug-likeness (QED) is 0.855. The summed E-state index contributed by atoms with van der Waals surface area (Å²) in [6, 6.07) is 9.55. The number of para-hydroxylation sites is 1. The lowest BCUT2D eigenvalue weighted by Crippen LogP contribution is -2.21. The summed E-state index contributed by atoms with van der Waals surface area (Å²) in [6.07, 6.45) is 1.07. The minimum Gasteiger partial charge on any atom is -0.351 e. The van der Waals surface area contributed by atoms with E-state index >= 15 is 0 Å². The number of carbonyl (C=O) groups excluding carboxylic acids is 1. The molecule has 21 heavy (non-hydrogen) atoms. The van der Waals surface area contributed by atoms with Crippen molar-refractivity contribution in [1.29, 1.82) is 0 Å². The van der Waals surface area contributed by atoms with Crippen LogP contribution in [0.5, 0.6) is 0 Å². The number of benzene rings is 1. The highest BCUT2D eigenvalue weighted by atomic mass is 16.5. The van der Waals surface area contributed by atoms with Crippen LogP contribution in [0.3, 0.4) is 0 Å². The highest BCUT2D eigenvalue weighted by Crippen LogP contribution is 2.23. The van der Waals surface area contributed by atoms with Crippen LogP contribution in [0.1, 0.15) is 48.1 Å². The van der Waals surface area contributed by atoms with E-state index in [1.807, 2.05) is 24.3 Å². The number of rotatable bonds is 6. The fourth-order valence-electron chi connectivity index (χ4n) is 2.11. The Morgan fingerprint density at radius 1 is 1.38 bits per heavy atom. The smallest absolute Gasteiger partial charge is 0.294 e. The number of nitrogens with zero attached hydrogens (tertiary/aromatic N) is 1. The number of hydrogen-bond donors (Lipinski definition) is 2. The van der Waals surface area contributed by atoms with Gasteiger partial charge in [-0.25, -0.2) is 0 Å². The first-order valence-corrected chi connectivity index (χ1v) is 7.18. The first-order chi connectivity index (χ1) is 10.1. The lowest BCUT2D eigenvalue weighted by atomic mass is 10.1. The molecule has 0 saturated carbocycles. The summed E-state index contributed by atoms with van der Waals surface area (Å²) in [4.78, 5) is 12.2. The minimum atomic E-state index is -0.286. The van der Waals surface area contributed by atoms with Gasteiger partial charge in [-0.3, -0.25) is 4.79 Å². The topological polar surface area (TPSA) is 67.2 Å². The van der Waals surface area contributed by atoms with Crippen molar-refractivity contribution in [2.24, 2.45) is 0 Å². The van der Waals surface area contributed by atoms with Crippen molar-refractivity contribution in [3.63, 3.8) is 0 Å². The molecular weight excluding hydrogens is 266 g/mol. The molecule has 0 spiro atoms. The van der Waals surface area contributed by atoms with Crippen LogP contribution in [0.25, 0.3) is 0 Å². The molecule has 0 aliphatic carbocycles. The number of aryl methyl sites for hydroxylation is 1. The zero-order chi connectivity index (χ0) is 15.2. The minimum absolute atomic E-state index is 0.165. The zero-order valence-electron chi connectivity index (χ0n) is 12.6. The second-order valence-electron chi connectivity index (χ2n) is 5.05. The molecule has 0 bridgehead atoms. The molecule has 1 unspecified atom stereocenters. The number of aromatic nitrogens is 1. The Kier molecular flexibility index (Phi) is 5.11. The van der Waals surface area contributed by atoms with Crippen molar-refractivity contribution in [1.82, 2.24) is 10.5 Å². The van der Waals surface area contributed by atoms with Crippen molar-refractivity contribution in [2.75, 3.05) is 11.9 Å². The summed E-state index contributed by atoms with van der Waals surface area (Å²) in [7, 11) is 0. The Bertz CT molecular complexity index is 607. The van der Waals surface area contributed by atoms with Crippen LogP contribution < -0.4 is 10.6 Å². The maximum absolute atomic E-state index is 12.2. The number of hydrogen-bond acceptors (Lipinski definition) is 4. The highest BCUT2D eigenvalue weighted by molar-refractivity contribution is 6.02. The van der Waals surface area contributed by atoms with Gasteiger partial charge >= 0.3 is 0 Å². The molecule has 2 N–H and O–H groups in total. The largest absolute Gasteiger partial charge is 0.351 e. The molecule has 1 aromatic carbocycles. The summed E-state index contributed by atoms with van der Waals surface area (Å²) in [5.74, 6) is -0.0674. The van der Waals surface area contributed by atoms with Crippen LogP contribution in [0.15, 0.2) is 34.9 Å². The first-order valence-electron chi connectivity index (χ1n) is 7.18. The summed E-state index contributed by atoms with van der Waals surface area (Å²) < 4.78 is 4.99. The molecule has 5 nitrogen and oxygen atoms in total. The molecule has 1 atom stereocenters. The van der Waals surface area contributed by atoms with Gasteiger partial charge in [-0.2, -0.15) is 0 Å². The van der Waals surface area contributed by atoms with Gasteiger partial charge in [0.05, 0.1) is 5.69 Å². The summed E-state index contributed by atoms with van der Waals surface area (Å²) >= 11 is 0. The summed E-state index contributed by atoms with van der Waals surface area (Å²) in [6.45, 7) is 6.93. The molecular formula is C16H21N3O2. The SMILES string of the molecule is CCCNC(C)c1ccccc1NC(=O)c1cc(C)no1. The summed E-state index contributed by atoms with van der Waals surface area (Å²) in [5, 5.41) is 10.0. The highest BCUT2D eigenvalue weighted by Gasteiger charge is 2.15. The van der Waals surface area contributed by atoms with Gasteiger partial charge in [-0.15, -0.1) is 0 Å². The van der Waals surface area contributed by atoms with Crippen LogP contribution in [0, 0.1) is 6.92 Å². The molecule has 112 valence electrons. The first kappa shape index (κ1) is 15.3. The lowest BCUT2D eigenvalue weighted by molar-refractivity contribution is 0.0987. The fourth-order valence-corrected chi connectivity index (χ4v) is 2.11. The normalized spacial score (nSPS) is 12.1. The molecule has 0 radical (unpaired) electrons. The molecule has 2 aromatic rings. The third kappa shape index (κ3) is 3.92. The van der Waals surface area contributed by atoms with E-state index in [2.05, 4.69) is 29.6 Å². The fraction of sp³-hybridized carbons (Fsp3) is 0.375. The Labute approximate surface area is 124 Å². The number of nitrogens with one attached hydrogen (secondary N) is 2. The molecule has 1 amide bonds. The lowest BCUT2D eigenvalue weighted by Gasteiger charge is -2.17. The Morgan fingerprint density at radius 3 is 2.81 bits per heavy atom. The van der Waals surface area contributed by atoms with Crippen LogP contribution in [-0.4, -0.2) is 17.6 Å². The van der Waals surface area contributed by atoms with Crippen molar-refractivity contribution >= 4 is 11.6 Å². The third-order valence-electron chi connectivity index (χ3n) is 3.23. The van der Waals surface area contributed by atoms with Gasteiger partial charge in [-0.1, -0.05) is 30.3 Å². The van der Waals surface area contributed by atoms with Gasteiger partial charge in [0.15, 0.2) is 0 Å². The predicted molar refractivity (Wildman–Crippen MR) is 82.3 cm³/mol. The third-order valence-corrected chi connectivity index (χ3v) is 3.23. The van der Waals surface area contributed by atoms with Crippen LogP contribution in [0.4, 0.5) is 5.69 Å². The molecule has 1 heterocycles. The second kappa shape index (κ2) is 7.04. The van der Waals surface area contributed by atoms with E-state index in [9.17, 15) is 4.79 Å². The zero-order valence-corrected chi connectivity index (χ0v) is 12.6. The van der Waals surface area contributed by atoms with Crippen molar-refractivity contribution in [3.8, 4) is 0 Å². The van der Waals surface area contributed by atoms with Gasteiger partial charge in [-0.05, 0) is 38.4 Å². The van der Waals surface area contributed by atoms with Crippen LogP contribution in [0.2, 0.25) is 0 Å². The van der Waals surface area contributed by atoms with Crippen molar-refractivity contribution < 1.29 is 9.32 Å². The van der Waals surface area contributed by atoms with E-state index in [0.717, 1.165) is 24.2 Å². The van der Waals surface area contributed by atoms with E-state index in [4.69, 9.17) is 4.52 Å². The Hall–Kier alpha value is -2.14. The monoisotopic (exact) mass is 287 g/mol. The predicted octanol–water partition coefficient (Wildman–Crippen LogP) is 3.30. The van der Waals surface area contributed by atoms with Crippen LogP contribution in [-0.2, 0) is 0 Å². The van der Waals surface area contributed by atoms with E-state index in [-0.39, 0.29) is 17.7 Å². The van der Waals surface area contributed by atoms with Gasteiger partial charge < -0.3 is 15.2 Å². The maximum Gasteiger partial charge on any atom is 0.294 e. The van der Waals surface area contributed by atoms with Crippen molar-refractivity contribution in [2.45, 2.75) is 33.2 Å². The standard InChI is InChI=1S/C16H21N3O2/c1-4-9-17-12(3)13-7-5-6-8-14(13)18-16(20)15-10-11(2)19-21-15/h5-8,10,12,17H,4,9H2,1-3H3,(H,18,20). The van der Waals surface area contributed by atoms with Gasteiger partial charge in [0.25, 0.3) is 5.91 Å². The van der Waals surface area contributed by atoms with Crippen molar-refractivity contribution in [3.05, 3.63) is 47.3 Å². The maximum atomic E-state index is 12.2. The van der Waals surface area contributed by atoms with Gasteiger partial charge in [0, 0.05) is 17.8 Å². The Balaban J connectivity index is 2.14. The van der Waals surface area contributed by atoms with E-state index in [0.29, 0.717) is 5.69 Å². The average molecular weight is 287 g/mol. The molecule has 5 heteroatoms.